The van der Waals surface area contributed by atoms with Crippen LogP contribution in [0.2, 0.25) is 0 Å². The molecule has 0 aliphatic carbocycles. The largest absolute Gasteiger partial charge is 0.348 e. The van der Waals surface area contributed by atoms with Crippen molar-refractivity contribution in [2.24, 2.45) is 0 Å². The van der Waals surface area contributed by atoms with Crippen LogP contribution in [0.25, 0.3) is 0 Å². The van der Waals surface area contributed by atoms with Crippen molar-refractivity contribution in [2.75, 3.05) is 6.54 Å². The van der Waals surface area contributed by atoms with Gasteiger partial charge in [-0.25, -0.2) is 17.5 Å². The lowest BCUT2D eigenvalue weighted by atomic mass is 10.2. The van der Waals surface area contributed by atoms with E-state index in [9.17, 15) is 12.8 Å². The van der Waals surface area contributed by atoms with E-state index in [1.807, 2.05) is 30.5 Å². The van der Waals surface area contributed by atoms with Gasteiger partial charge in [0.25, 0.3) is 0 Å². The van der Waals surface area contributed by atoms with E-state index in [1.54, 1.807) is 6.92 Å². The first-order valence-electron chi connectivity index (χ1n) is 6.70. The minimum atomic E-state index is -3.62. The predicted octanol–water partition coefficient (Wildman–Crippen LogP) is 2.53. The molecule has 0 atom stereocenters. The standard InChI is InChI=1S/C15H19FN2O2S/c1-11-10-14(16)6-7-15(11)21(19,20)17-8-9-18-12(2)4-5-13(18)3/h4-7,10,17H,8-9H2,1-3H3. The van der Waals surface area contributed by atoms with Crippen molar-refractivity contribution in [3.8, 4) is 0 Å². The number of nitrogens with one attached hydrogen (secondary N) is 1. The monoisotopic (exact) mass is 310 g/mol. The molecule has 114 valence electrons. The van der Waals surface area contributed by atoms with Gasteiger partial charge < -0.3 is 4.57 Å². The number of aromatic nitrogens is 1. The lowest BCUT2D eigenvalue weighted by Crippen LogP contribution is -2.28. The topological polar surface area (TPSA) is 51.1 Å². The molecule has 4 nitrogen and oxygen atoms in total. The Balaban J connectivity index is 2.08. The highest BCUT2D eigenvalue weighted by Gasteiger charge is 2.16. The first-order chi connectivity index (χ1) is 9.81. The fraction of sp³-hybridized carbons (Fsp3) is 0.333. The summed E-state index contributed by atoms with van der Waals surface area (Å²) >= 11 is 0. The van der Waals surface area contributed by atoms with Crippen LogP contribution in [-0.2, 0) is 16.6 Å². The molecular weight excluding hydrogens is 291 g/mol. The van der Waals surface area contributed by atoms with Gasteiger partial charge in [0.05, 0.1) is 4.90 Å². The number of aryl methyl sites for hydroxylation is 3. The summed E-state index contributed by atoms with van der Waals surface area (Å²) in [7, 11) is -3.62. The van der Waals surface area contributed by atoms with Gasteiger partial charge in [-0.15, -0.1) is 0 Å². The summed E-state index contributed by atoms with van der Waals surface area (Å²) in [4.78, 5) is 0.116. The van der Waals surface area contributed by atoms with E-state index >= 15 is 0 Å². The number of hydrogen-bond acceptors (Lipinski definition) is 2. The van der Waals surface area contributed by atoms with Crippen LogP contribution >= 0.6 is 0 Å². The summed E-state index contributed by atoms with van der Waals surface area (Å²) in [6, 6.07) is 7.65. The molecule has 1 heterocycles. The van der Waals surface area contributed by atoms with Crippen LogP contribution in [0.1, 0.15) is 17.0 Å². The number of sulfonamides is 1. The molecule has 1 aromatic carbocycles. The minimum absolute atomic E-state index is 0.116. The number of benzene rings is 1. The van der Waals surface area contributed by atoms with Crippen molar-refractivity contribution in [3.63, 3.8) is 0 Å². The second kappa shape index (κ2) is 5.99. The molecule has 1 N–H and O–H groups in total. The fourth-order valence-corrected chi connectivity index (χ4v) is 3.58. The van der Waals surface area contributed by atoms with Gasteiger partial charge in [0.15, 0.2) is 0 Å². The van der Waals surface area contributed by atoms with Crippen LogP contribution in [0.4, 0.5) is 4.39 Å². The highest BCUT2D eigenvalue weighted by atomic mass is 32.2. The van der Waals surface area contributed by atoms with Crippen molar-refractivity contribution in [2.45, 2.75) is 32.2 Å². The Bertz CT molecular complexity index is 732. The molecule has 0 radical (unpaired) electrons. The quantitative estimate of drug-likeness (QED) is 0.922. The maximum Gasteiger partial charge on any atom is 0.240 e. The molecule has 6 heteroatoms. The summed E-state index contributed by atoms with van der Waals surface area (Å²) in [5.41, 5.74) is 2.57. The van der Waals surface area contributed by atoms with E-state index in [1.165, 1.54) is 12.1 Å². The Morgan fingerprint density at radius 3 is 2.29 bits per heavy atom. The molecular formula is C15H19FN2O2S. The zero-order valence-corrected chi connectivity index (χ0v) is 13.2. The Morgan fingerprint density at radius 2 is 1.71 bits per heavy atom. The number of rotatable bonds is 5. The highest BCUT2D eigenvalue weighted by Crippen LogP contribution is 2.16. The molecule has 0 spiro atoms. The van der Waals surface area contributed by atoms with Crippen LogP contribution in [0.3, 0.4) is 0 Å². The van der Waals surface area contributed by atoms with Gasteiger partial charge >= 0.3 is 0 Å². The van der Waals surface area contributed by atoms with E-state index in [-0.39, 0.29) is 11.4 Å². The minimum Gasteiger partial charge on any atom is -0.348 e. The van der Waals surface area contributed by atoms with E-state index in [0.29, 0.717) is 12.1 Å². The third kappa shape index (κ3) is 3.51. The fourth-order valence-electron chi connectivity index (χ4n) is 2.34. The van der Waals surface area contributed by atoms with Gasteiger partial charge in [0, 0.05) is 24.5 Å². The summed E-state index contributed by atoms with van der Waals surface area (Å²) in [5, 5.41) is 0. The second-order valence-corrected chi connectivity index (χ2v) is 6.81. The van der Waals surface area contributed by atoms with Crippen molar-refractivity contribution >= 4 is 10.0 Å². The zero-order chi connectivity index (χ0) is 15.6. The molecule has 0 saturated heterocycles. The maximum atomic E-state index is 13.0. The second-order valence-electron chi connectivity index (χ2n) is 5.08. The molecule has 0 aliphatic rings. The summed E-state index contributed by atoms with van der Waals surface area (Å²) in [5.74, 6) is -0.440. The van der Waals surface area contributed by atoms with Crippen molar-refractivity contribution in [1.29, 1.82) is 0 Å². The first-order valence-corrected chi connectivity index (χ1v) is 8.18. The molecule has 0 fully saturated rings. The van der Waals surface area contributed by atoms with Crippen molar-refractivity contribution in [1.82, 2.24) is 9.29 Å². The smallest absolute Gasteiger partial charge is 0.240 e. The summed E-state index contributed by atoms with van der Waals surface area (Å²) in [6.07, 6.45) is 0. The predicted molar refractivity (Wildman–Crippen MR) is 80.2 cm³/mol. The Hall–Kier alpha value is -1.66. The Morgan fingerprint density at radius 1 is 1.10 bits per heavy atom. The molecule has 0 aliphatic heterocycles. The molecule has 0 unspecified atom stereocenters. The molecule has 1 aromatic heterocycles. The summed E-state index contributed by atoms with van der Waals surface area (Å²) in [6.45, 7) is 6.38. The summed E-state index contributed by atoms with van der Waals surface area (Å²) < 4.78 is 42.1. The van der Waals surface area contributed by atoms with E-state index in [4.69, 9.17) is 0 Å². The van der Waals surface area contributed by atoms with Crippen LogP contribution in [0.15, 0.2) is 35.2 Å². The maximum absolute atomic E-state index is 13.0. The van der Waals surface area contributed by atoms with Crippen LogP contribution < -0.4 is 4.72 Å². The average Bonchev–Trinajstić information content (AvgIpc) is 2.69. The molecule has 0 saturated carbocycles. The third-order valence-electron chi connectivity index (χ3n) is 3.47. The molecule has 2 aromatic rings. The van der Waals surface area contributed by atoms with E-state index < -0.39 is 15.8 Å². The Kier molecular flexibility index (Phi) is 4.49. The van der Waals surface area contributed by atoms with Gasteiger partial charge in [-0.3, -0.25) is 0 Å². The van der Waals surface area contributed by atoms with Gasteiger partial charge in [0.1, 0.15) is 5.82 Å². The van der Waals surface area contributed by atoms with Gasteiger partial charge in [-0.1, -0.05) is 0 Å². The van der Waals surface area contributed by atoms with Gasteiger partial charge in [0.2, 0.25) is 10.0 Å². The normalized spacial score (nSPS) is 11.8. The lowest BCUT2D eigenvalue weighted by molar-refractivity contribution is 0.568. The van der Waals surface area contributed by atoms with E-state index in [2.05, 4.69) is 4.72 Å². The van der Waals surface area contributed by atoms with Crippen LogP contribution in [0, 0.1) is 26.6 Å². The molecule has 2 rings (SSSR count). The Labute approximate surface area is 124 Å². The molecule has 0 amide bonds. The average molecular weight is 310 g/mol. The van der Waals surface area contributed by atoms with Gasteiger partial charge in [-0.05, 0) is 56.7 Å². The first kappa shape index (κ1) is 15.7. The molecule has 0 bridgehead atoms. The highest BCUT2D eigenvalue weighted by molar-refractivity contribution is 7.89. The van der Waals surface area contributed by atoms with Crippen molar-refractivity contribution in [3.05, 3.63) is 53.1 Å². The SMILES string of the molecule is Cc1cc(F)ccc1S(=O)(=O)NCCn1c(C)ccc1C. The molecule has 21 heavy (non-hydrogen) atoms. The van der Waals surface area contributed by atoms with Crippen molar-refractivity contribution < 1.29 is 12.8 Å². The lowest BCUT2D eigenvalue weighted by Gasteiger charge is -2.12. The number of nitrogens with zero attached hydrogens (tertiary/aromatic N) is 1. The van der Waals surface area contributed by atoms with Crippen LogP contribution in [0.5, 0.6) is 0 Å². The van der Waals surface area contributed by atoms with Crippen LogP contribution in [-0.4, -0.2) is 19.5 Å². The van der Waals surface area contributed by atoms with Gasteiger partial charge in [-0.2, -0.15) is 0 Å². The zero-order valence-electron chi connectivity index (χ0n) is 12.4. The third-order valence-corrected chi connectivity index (χ3v) is 5.09. The number of hydrogen-bond donors (Lipinski definition) is 1. The number of halogens is 1. The van der Waals surface area contributed by atoms with E-state index in [0.717, 1.165) is 17.5 Å².